The number of halogens is 1. The standard InChI is InChI=1S/C14H19FN2/c15-13-4-2-1-3-12(13)14(6-7-14)10-17-11-5-8-16-9-11/h1-4,11,16-17H,5-10H2. The van der Waals surface area contributed by atoms with Crippen LogP contribution in [0, 0.1) is 5.82 Å². The Balaban J connectivity index is 1.67. The fraction of sp³-hybridized carbons (Fsp3) is 0.571. The van der Waals surface area contributed by atoms with Crippen molar-refractivity contribution in [3.05, 3.63) is 35.6 Å². The van der Waals surface area contributed by atoms with Gasteiger partial charge in [-0.15, -0.1) is 0 Å². The van der Waals surface area contributed by atoms with E-state index in [0.29, 0.717) is 6.04 Å². The molecule has 1 aromatic rings. The second kappa shape index (κ2) is 4.39. The van der Waals surface area contributed by atoms with E-state index in [1.807, 2.05) is 12.1 Å². The molecule has 0 aromatic heterocycles. The summed E-state index contributed by atoms with van der Waals surface area (Å²) in [6.45, 7) is 3.07. The molecule has 1 saturated heterocycles. The highest BCUT2D eigenvalue weighted by atomic mass is 19.1. The zero-order chi connectivity index (χ0) is 11.7. The Morgan fingerprint density at radius 1 is 1.35 bits per heavy atom. The zero-order valence-corrected chi connectivity index (χ0v) is 10.0. The average molecular weight is 234 g/mol. The van der Waals surface area contributed by atoms with Crippen molar-refractivity contribution in [1.29, 1.82) is 0 Å². The minimum atomic E-state index is -0.0450. The summed E-state index contributed by atoms with van der Waals surface area (Å²) in [6.07, 6.45) is 3.41. The first-order valence-corrected chi connectivity index (χ1v) is 6.49. The smallest absolute Gasteiger partial charge is 0.127 e. The molecule has 1 atom stereocenters. The summed E-state index contributed by atoms with van der Waals surface area (Å²) in [5.41, 5.74) is 0.979. The van der Waals surface area contributed by atoms with Crippen molar-refractivity contribution in [2.45, 2.75) is 30.7 Å². The molecule has 1 heterocycles. The van der Waals surface area contributed by atoms with E-state index in [1.54, 1.807) is 12.1 Å². The first kappa shape index (κ1) is 11.2. The molecule has 0 amide bonds. The molecule has 1 saturated carbocycles. The van der Waals surface area contributed by atoms with Crippen LogP contribution in [0.5, 0.6) is 0 Å². The SMILES string of the molecule is Fc1ccccc1C1(CNC2CCNC2)CC1. The van der Waals surface area contributed by atoms with Crippen molar-refractivity contribution >= 4 is 0 Å². The van der Waals surface area contributed by atoms with E-state index in [2.05, 4.69) is 10.6 Å². The summed E-state index contributed by atoms with van der Waals surface area (Å²) in [6, 6.07) is 7.79. The second-order valence-corrected chi connectivity index (χ2v) is 5.33. The average Bonchev–Trinajstić information content (AvgIpc) is 2.94. The Hall–Kier alpha value is -0.930. The van der Waals surface area contributed by atoms with E-state index in [9.17, 15) is 4.39 Å². The third-order valence-corrected chi connectivity index (χ3v) is 4.09. The lowest BCUT2D eigenvalue weighted by Crippen LogP contribution is -2.37. The Bertz CT molecular complexity index is 395. The lowest BCUT2D eigenvalue weighted by Gasteiger charge is -2.20. The van der Waals surface area contributed by atoms with Crippen LogP contribution < -0.4 is 10.6 Å². The van der Waals surface area contributed by atoms with Crippen LogP contribution in [0.25, 0.3) is 0 Å². The van der Waals surface area contributed by atoms with Crippen LogP contribution in [0.1, 0.15) is 24.8 Å². The molecule has 1 aliphatic carbocycles. The molecule has 2 fully saturated rings. The van der Waals surface area contributed by atoms with E-state index in [4.69, 9.17) is 0 Å². The van der Waals surface area contributed by atoms with Crippen molar-refractivity contribution in [3.63, 3.8) is 0 Å². The van der Waals surface area contributed by atoms with Crippen LogP contribution >= 0.6 is 0 Å². The molecule has 2 N–H and O–H groups in total. The van der Waals surface area contributed by atoms with Crippen molar-refractivity contribution in [1.82, 2.24) is 10.6 Å². The van der Waals surface area contributed by atoms with Crippen molar-refractivity contribution < 1.29 is 4.39 Å². The maximum Gasteiger partial charge on any atom is 0.127 e. The number of benzene rings is 1. The van der Waals surface area contributed by atoms with Gasteiger partial charge in [0.25, 0.3) is 0 Å². The van der Waals surface area contributed by atoms with E-state index in [0.717, 1.165) is 38.0 Å². The van der Waals surface area contributed by atoms with Gasteiger partial charge in [-0.05, 0) is 37.4 Å². The first-order valence-electron chi connectivity index (χ1n) is 6.49. The number of hydrogen-bond acceptors (Lipinski definition) is 2. The predicted octanol–water partition coefficient (Wildman–Crippen LogP) is 1.81. The normalized spacial score (nSPS) is 26.1. The van der Waals surface area contributed by atoms with Gasteiger partial charge in [-0.25, -0.2) is 4.39 Å². The Morgan fingerprint density at radius 3 is 2.82 bits per heavy atom. The van der Waals surface area contributed by atoms with Crippen LogP contribution in [-0.2, 0) is 5.41 Å². The van der Waals surface area contributed by atoms with E-state index in [1.165, 1.54) is 6.42 Å². The highest BCUT2D eigenvalue weighted by molar-refractivity contribution is 5.33. The molecule has 2 aliphatic rings. The third kappa shape index (κ3) is 2.22. The second-order valence-electron chi connectivity index (χ2n) is 5.33. The van der Waals surface area contributed by atoms with Gasteiger partial charge in [0.15, 0.2) is 0 Å². The van der Waals surface area contributed by atoms with Crippen LogP contribution in [0.2, 0.25) is 0 Å². The van der Waals surface area contributed by atoms with Crippen LogP contribution in [0.3, 0.4) is 0 Å². The predicted molar refractivity (Wildman–Crippen MR) is 66.6 cm³/mol. The molecule has 1 aromatic carbocycles. The van der Waals surface area contributed by atoms with Crippen molar-refractivity contribution in [2.75, 3.05) is 19.6 Å². The quantitative estimate of drug-likeness (QED) is 0.830. The summed E-state index contributed by atoms with van der Waals surface area (Å²) >= 11 is 0. The molecular formula is C14H19FN2. The zero-order valence-electron chi connectivity index (χ0n) is 10.0. The molecule has 0 spiro atoms. The van der Waals surface area contributed by atoms with E-state index in [-0.39, 0.29) is 11.2 Å². The highest BCUT2D eigenvalue weighted by Crippen LogP contribution is 2.48. The Labute approximate surface area is 102 Å². The summed E-state index contributed by atoms with van der Waals surface area (Å²) < 4.78 is 13.8. The molecular weight excluding hydrogens is 215 g/mol. The molecule has 0 radical (unpaired) electrons. The Morgan fingerprint density at radius 2 is 2.18 bits per heavy atom. The molecule has 0 bridgehead atoms. The lowest BCUT2D eigenvalue weighted by molar-refractivity contribution is 0.480. The molecule has 2 nitrogen and oxygen atoms in total. The summed E-state index contributed by atoms with van der Waals surface area (Å²) in [4.78, 5) is 0. The maximum absolute atomic E-state index is 13.8. The van der Waals surface area contributed by atoms with Gasteiger partial charge in [0, 0.05) is 24.5 Å². The summed E-state index contributed by atoms with van der Waals surface area (Å²) in [7, 11) is 0. The molecule has 17 heavy (non-hydrogen) atoms. The van der Waals surface area contributed by atoms with Crippen LogP contribution in [0.4, 0.5) is 4.39 Å². The fourth-order valence-electron chi connectivity index (χ4n) is 2.75. The van der Waals surface area contributed by atoms with Crippen LogP contribution in [0.15, 0.2) is 24.3 Å². The van der Waals surface area contributed by atoms with E-state index >= 15 is 0 Å². The largest absolute Gasteiger partial charge is 0.315 e. The summed E-state index contributed by atoms with van der Waals surface area (Å²) in [5, 5.41) is 6.92. The van der Waals surface area contributed by atoms with Gasteiger partial charge < -0.3 is 10.6 Å². The monoisotopic (exact) mass is 234 g/mol. The van der Waals surface area contributed by atoms with Crippen LogP contribution in [-0.4, -0.2) is 25.7 Å². The van der Waals surface area contributed by atoms with Gasteiger partial charge in [0.2, 0.25) is 0 Å². The lowest BCUT2D eigenvalue weighted by atomic mass is 9.95. The Kier molecular flexibility index (Phi) is 2.89. The van der Waals surface area contributed by atoms with Gasteiger partial charge in [0.1, 0.15) is 5.82 Å². The molecule has 1 unspecified atom stereocenters. The number of rotatable bonds is 4. The molecule has 3 heteroatoms. The number of hydrogen-bond donors (Lipinski definition) is 2. The highest BCUT2D eigenvalue weighted by Gasteiger charge is 2.45. The van der Waals surface area contributed by atoms with Gasteiger partial charge in [-0.3, -0.25) is 0 Å². The van der Waals surface area contributed by atoms with Gasteiger partial charge in [-0.1, -0.05) is 18.2 Å². The molecule has 92 valence electrons. The summed E-state index contributed by atoms with van der Waals surface area (Å²) in [5.74, 6) is -0.0450. The minimum Gasteiger partial charge on any atom is -0.315 e. The third-order valence-electron chi connectivity index (χ3n) is 4.09. The number of nitrogens with one attached hydrogen (secondary N) is 2. The first-order chi connectivity index (χ1) is 8.30. The minimum absolute atomic E-state index is 0.0450. The van der Waals surface area contributed by atoms with E-state index < -0.39 is 0 Å². The van der Waals surface area contributed by atoms with Crippen molar-refractivity contribution in [2.24, 2.45) is 0 Å². The van der Waals surface area contributed by atoms with Gasteiger partial charge >= 0.3 is 0 Å². The van der Waals surface area contributed by atoms with Crippen molar-refractivity contribution in [3.8, 4) is 0 Å². The maximum atomic E-state index is 13.8. The molecule has 3 rings (SSSR count). The topological polar surface area (TPSA) is 24.1 Å². The van der Waals surface area contributed by atoms with Gasteiger partial charge in [-0.2, -0.15) is 0 Å². The fourth-order valence-corrected chi connectivity index (χ4v) is 2.75. The molecule has 1 aliphatic heterocycles. The van der Waals surface area contributed by atoms with Gasteiger partial charge in [0.05, 0.1) is 0 Å².